The molecule has 0 heterocycles. The topological polar surface area (TPSA) is 40.9 Å². The number of benzene rings is 1. The van der Waals surface area contributed by atoms with Crippen LogP contribution in [0.5, 0.6) is 0 Å². The summed E-state index contributed by atoms with van der Waals surface area (Å²) in [6, 6.07) is 5.94. The van der Waals surface area contributed by atoms with Crippen LogP contribution in [0.3, 0.4) is 0 Å². The normalized spacial score (nSPS) is 11.3. The van der Waals surface area contributed by atoms with Crippen molar-refractivity contribution in [3.63, 3.8) is 0 Å². The fourth-order valence-electron chi connectivity index (χ4n) is 1.22. The molecule has 0 amide bonds. The van der Waals surface area contributed by atoms with E-state index in [-0.39, 0.29) is 16.2 Å². The fraction of sp³-hybridized carbons (Fsp3) is 0.182. The van der Waals surface area contributed by atoms with Gasteiger partial charge in [0.1, 0.15) is 17.7 Å². The van der Waals surface area contributed by atoms with E-state index in [9.17, 15) is 9.18 Å². The molecule has 2 nitrogen and oxygen atoms in total. The zero-order valence-electron chi connectivity index (χ0n) is 7.92. The summed E-state index contributed by atoms with van der Waals surface area (Å²) < 4.78 is 13.4. The Balaban J connectivity index is 3.38. The first kappa shape index (κ1) is 11.5. The van der Waals surface area contributed by atoms with Crippen LogP contribution in [0.4, 0.5) is 4.39 Å². The highest BCUT2D eigenvalue weighted by atomic mass is 35.5. The first-order valence-corrected chi connectivity index (χ1v) is 4.54. The Bertz CT molecular complexity index is 452. The summed E-state index contributed by atoms with van der Waals surface area (Å²) in [7, 11) is 0. The minimum absolute atomic E-state index is 0.0301. The van der Waals surface area contributed by atoms with Crippen molar-refractivity contribution in [1.82, 2.24) is 0 Å². The van der Waals surface area contributed by atoms with E-state index in [0.29, 0.717) is 0 Å². The molecule has 0 radical (unpaired) electrons. The number of halogens is 2. The summed E-state index contributed by atoms with van der Waals surface area (Å²) in [6.45, 7) is 1.42. The number of carbonyl (C=O) groups excluding carboxylic acids is 1. The molecular weight excluding hydrogens is 217 g/mol. The molecule has 4 heteroatoms. The molecule has 0 aliphatic heterocycles. The lowest BCUT2D eigenvalue weighted by Crippen LogP contribution is -2.02. The van der Waals surface area contributed by atoms with Crippen LogP contribution in [0.15, 0.2) is 23.8 Å². The van der Waals surface area contributed by atoms with Crippen LogP contribution >= 0.6 is 11.6 Å². The zero-order valence-corrected chi connectivity index (χ0v) is 8.68. The number of hydrogen-bond donors (Lipinski definition) is 0. The van der Waals surface area contributed by atoms with Crippen LogP contribution in [0.1, 0.15) is 18.4 Å². The Morgan fingerprint density at radius 1 is 1.60 bits per heavy atom. The Hall–Kier alpha value is -1.62. The molecular formula is C11H7ClFNO. The first-order valence-electron chi connectivity index (χ1n) is 4.17. The minimum Gasteiger partial charge on any atom is -0.234 e. The van der Waals surface area contributed by atoms with Gasteiger partial charge in [-0.3, -0.25) is 0 Å². The van der Waals surface area contributed by atoms with Crippen molar-refractivity contribution in [2.24, 2.45) is 0 Å². The summed E-state index contributed by atoms with van der Waals surface area (Å²) in [6.07, 6.45) is 0. The van der Waals surface area contributed by atoms with Crippen molar-refractivity contribution in [1.29, 1.82) is 5.26 Å². The van der Waals surface area contributed by atoms with Gasteiger partial charge in [-0.15, -0.1) is 0 Å². The van der Waals surface area contributed by atoms with Crippen LogP contribution in [0.25, 0.3) is 0 Å². The predicted octanol–water partition coefficient (Wildman–Crippen LogP) is 2.86. The number of rotatable bonds is 2. The summed E-state index contributed by atoms with van der Waals surface area (Å²) in [5, 5.41) is 8.99. The van der Waals surface area contributed by atoms with Gasteiger partial charge >= 0.3 is 0 Å². The van der Waals surface area contributed by atoms with Crippen molar-refractivity contribution >= 4 is 17.5 Å². The lowest BCUT2D eigenvalue weighted by Gasteiger charge is -2.10. The molecule has 0 saturated carbocycles. The second-order valence-corrected chi connectivity index (χ2v) is 3.39. The van der Waals surface area contributed by atoms with Gasteiger partial charge in [0.2, 0.25) is 0 Å². The molecule has 1 aromatic rings. The van der Waals surface area contributed by atoms with Crippen LogP contribution in [0, 0.1) is 17.1 Å². The predicted molar refractivity (Wildman–Crippen MR) is 54.6 cm³/mol. The van der Waals surface area contributed by atoms with E-state index >= 15 is 0 Å². The van der Waals surface area contributed by atoms with Crippen molar-refractivity contribution in [3.05, 3.63) is 40.2 Å². The maximum absolute atomic E-state index is 13.4. The average molecular weight is 224 g/mol. The van der Waals surface area contributed by atoms with Crippen LogP contribution in [0.2, 0.25) is 5.02 Å². The summed E-state index contributed by atoms with van der Waals surface area (Å²) in [4.78, 5) is 10.4. The van der Waals surface area contributed by atoms with Gasteiger partial charge in [0.15, 0.2) is 0 Å². The molecule has 1 unspecified atom stereocenters. The van der Waals surface area contributed by atoms with E-state index in [4.69, 9.17) is 16.9 Å². The molecule has 0 N–H and O–H groups in total. The lowest BCUT2D eigenvalue weighted by molar-refractivity contribution is 0.565. The van der Waals surface area contributed by atoms with E-state index in [1.807, 2.05) is 6.07 Å². The van der Waals surface area contributed by atoms with Gasteiger partial charge in [-0.1, -0.05) is 17.7 Å². The van der Waals surface area contributed by atoms with E-state index in [2.05, 4.69) is 0 Å². The van der Waals surface area contributed by atoms with E-state index in [0.717, 1.165) is 0 Å². The Labute approximate surface area is 91.6 Å². The van der Waals surface area contributed by atoms with E-state index in [1.165, 1.54) is 25.1 Å². The molecule has 1 atom stereocenters. The van der Waals surface area contributed by atoms with Gasteiger partial charge in [0, 0.05) is 16.2 Å². The van der Waals surface area contributed by atoms with Crippen LogP contribution in [-0.2, 0) is 4.79 Å². The Morgan fingerprint density at radius 2 is 2.27 bits per heavy atom. The van der Waals surface area contributed by atoms with Gasteiger partial charge in [0.25, 0.3) is 0 Å². The second-order valence-electron chi connectivity index (χ2n) is 2.98. The van der Waals surface area contributed by atoms with Gasteiger partial charge in [-0.05, 0) is 19.1 Å². The number of nitriles is 1. The molecule has 0 saturated heterocycles. The molecule has 0 aliphatic carbocycles. The second kappa shape index (κ2) is 4.75. The summed E-state index contributed by atoms with van der Waals surface area (Å²) in [5.41, 5.74) is 0.145. The molecule has 0 spiro atoms. The average Bonchev–Trinajstić information content (AvgIpc) is 2.22. The molecule has 0 aliphatic rings. The quantitative estimate of drug-likeness (QED) is 0.724. The number of hydrogen-bond acceptors (Lipinski definition) is 2. The standard InChI is InChI=1S/C11H7ClFNO/c1-7(6-15)8(5-14)11-9(12)3-2-4-10(11)13/h2-4,8H,1H3. The third-order valence-corrected chi connectivity index (χ3v) is 2.34. The molecule has 0 aromatic heterocycles. The van der Waals surface area contributed by atoms with Gasteiger partial charge < -0.3 is 0 Å². The monoisotopic (exact) mass is 223 g/mol. The zero-order chi connectivity index (χ0) is 11.4. The van der Waals surface area contributed by atoms with Crippen molar-refractivity contribution < 1.29 is 9.18 Å². The van der Waals surface area contributed by atoms with Gasteiger partial charge in [-0.25, -0.2) is 9.18 Å². The largest absolute Gasteiger partial charge is 0.234 e. The Kier molecular flexibility index (Phi) is 3.62. The molecule has 1 aromatic carbocycles. The van der Waals surface area contributed by atoms with Crippen LogP contribution < -0.4 is 0 Å². The molecule has 15 heavy (non-hydrogen) atoms. The van der Waals surface area contributed by atoms with Crippen molar-refractivity contribution in [3.8, 4) is 6.07 Å². The van der Waals surface area contributed by atoms with E-state index < -0.39 is 11.7 Å². The lowest BCUT2D eigenvalue weighted by atomic mass is 9.94. The molecule has 0 bridgehead atoms. The van der Waals surface area contributed by atoms with E-state index in [1.54, 1.807) is 5.94 Å². The summed E-state index contributed by atoms with van der Waals surface area (Å²) >= 11 is 5.77. The highest BCUT2D eigenvalue weighted by Crippen LogP contribution is 2.30. The Morgan fingerprint density at radius 3 is 2.73 bits per heavy atom. The van der Waals surface area contributed by atoms with Crippen molar-refractivity contribution in [2.45, 2.75) is 12.8 Å². The number of nitrogens with zero attached hydrogens (tertiary/aromatic N) is 1. The molecule has 1 rings (SSSR count). The van der Waals surface area contributed by atoms with Gasteiger partial charge in [-0.2, -0.15) is 5.26 Å². The maximum Gasteiger partial charge on any atom is 0.129 e. The molecule has 76 valence electrons. The van der Waals surface area contributed by atoms with Crippen LogP contribution in [-0.4, -0.2) is 5.94 Å². The fourth-order valence-corrected chi connectivity index (χ4v) is 1.50. The summed E-state index contributed by atoms with van der Waals surface area (Å²) in [5.74, 6) is 0.0181. The van der Waals surface area contributed by atoms with Crippen molar-refractivity contribution in [2.75, 3.05) is 0 Å². The van der Waals surface area contributed by atoms with Gasteiger partial charge in [0.05, 0.1) is 6.07 Å². The number of allylic oxidation sites excluding steroid dienone is 1. The smallest absolute Gasteiger partial charge is 0.129 e. The SMILES string of the molecule is CC(=C=O)C(C#N)c1c(F)cccc1Cl. The highest BCUT2D eigenvalue weighted by Gasteiger charge is 2.20. The third kappa shape index (κ3) is 2.24. The highest BCUT2D eigenvalue weighted by molar-refractivity contribution is 6.31. The first-order chi connectivity index (χ1) is 7.11. The third-order valence-electron chi connectivity index (χ3n) is 2.01. The minimum atomic E-state index is -0.976. The molecule has 0 fully saturated rings. The maximum atomic E-state index is 13.4.